The predicted octanol–water partition coefficient (Wildman–Crippen LogP) is 2.82. The Morgan fingerprint density at radius 1 is 1.27 bits per heavy atom. The molecule has 7 nitrogen and oxygen atoms in total. The lowest BCUT2D eigenvalue weighted by molar-refractivity contribution is 0.0694. The molecule has 3 heterocycles. The summed E-state index contributed by atoms with van der Waals surface area (Å²) in [7, 11) is 0. The van der Waals surface area contributed by atoms with Gasteiger partial charge in [-0.1, -0.05) is 0 Å². The lowest BCUT2D eigenvalue weighted by Crippen LogP contribution is -2.66. The lowest BCUT2D eigenvalue weighted by atomic mass is 9.92. The van der Waals surface area contributed by atoms with Crippen molar-refractivity contribution in [1.82, 2.24) is 9.55 Å². The molecule has 0 aliphatic carbocycles. The Bertz CT molecular complexity index is 1280. The molecule has 158 valence electrons. The van der Waals surface area contributed by atoms with E-state index in [2.05, 4.69) is 4.98 Å². The molecule has 30 heavy (non-hydrogen) atoms. The zero-order valence-electron chi connectivity index (χ0n) is 17.1. The minimum Gasteiger partial charge on any atom is -0.477 e. The molecule has 0 atom stereocenters. The molecule has 9 heteroatoms. The quantitative estimate of drug-likeness (QED) is 0.623. The molecule has 1 saturated heterocycles. The standard InChI is InChI=1S/C21H22F2N4O3/c1-20(2,3)27-7-12(19(29)30)17(28)11-5-10-6-13(22)16(26-8-21(4,24)9-26)14(23)15(10)25-18(11)27/h5-7H,8-9,24H2,1-4H3,(H,29,30). The number of halogens is 2. The normalized spacial score (nSPS) is 16.2. The molecule has 1 aliphatic rings. The van der Waals surface area contributed by atoms with E-state index in [-0.39, 0.29) is 27.6 Å². The number of benzene rings is 1. The van der Waals surface area contributed by atoms with Gasteiger partial charge >= 0.3 is 5.97 Å². The van der Waals surface area contributed by atoms with Crippen molar-refractivity contribution in [3.8, 4) is 0 Å². The summed E-state index contributed by atoms with van der Waals surface area (Å²) in [6.45, 7) is 7.83. The summed E-state index contributed by atoms with van der Waals surface area (Å²) in [6.07, 6.45) is 1.21. The van der Waals surface area contributed by atoms with Crippen LogP contribution in [0.4, 0.5) is 14.5 Å². The summed E-state index contributed by atoms with van der Waals surface area (Å²) in [5, 5.41) is 9.49. The summed E-state index contributed by atoms with van der Waals surface area (Å²) in [4.78, 5) is 30.1. The number of nitrogens with zero attached hydrogens (tertiary/aromatic N) is 3. The molecular weight excluding hydrogens is 394 g/mol. The van der Waals surface area contributed by atoms with Gasteiger partial charge in [-0.05, 0) is 39.8 Å². The number of carboxylic acid groups (broad SMARTS) is 1. The van der Waals surface area contributed by atoms with Crippen molar-refractivity contribution in [2.45, 2.75) is 38.8 Å². The van der Waals surface area contributed by atoms with Crippen LogP contribution in [0.15, 0.2) is 23.1 Å². The molecule has 1 aliphatic heterocycles. The van der Waals surface area contributed by atoms with Gasteiger partial charge in [0.1, 0.15) is 28.2 Å². The zero-order valence-corrected chi connectivity index (χ0v) is 17.1. The Morgan fingerprint density at radius 3 is 2.43 bits per heavy atom. The number of anilines is 1. The molecule has 2 aromatic heterocycles. The van der Waals surface area contributed by atoms with Crippen molar-refractivity contribution in [2.75, 3.05) is 18.0 Å². The van der Waals surface area contributed by atoms with Gasteiger partial charge in [-0.25, -0.2) is 18.6 Å². The van der Waals surface area contributed by atoms with Gasteiger partial charge in [0.25, 0.3) is 0 Å². The summed E-state index contributed by atoms with van der Waals surface area (Å²) >= 11 is 0. The van der Waals surface area contributed by atoms with Gasteiger partial charge in [-0.3, -0.25) is 4.79 Å². The fourth-order valence-electron chi connectivity index (χ4n) is 3.91. The molecule has 1 aromatic carbocycles. The van der Waals surface area contributed by atoms with Crippen molar-refractivity contribution in [3.05, 3.63) is 45.8 Å². The van der Waals surface area contributed by atoms with Crippen LogP contribution in [0.1, 0.15) is 38.1 Å². The number of rotatable bonds is 2. The fourth-order valence-corrected chi connectivity index (χ4v) is 3.91. The van der Waals surface area contributed by atoms with E-state index in [9.17, 15) is 19.1 Å². The largest absolute Gasteiger partial charge is 0.477 e. The third kappa shape index (κ3) is 3.00. The van der Waals surface area contributed by atoms with E-state index in [1.165, 1.54) is 21.7 Å². The predicted molar refractivity (Wildman–Crippen MR) is 110 cm³/mol. The van der Waals surface area contributed by atoms with Gasteiger partial charge in [0.2, 0.25) is 5.43 Å². The maximum atomic E-state index is 15.4. The number of fused-ring (bicyclic) bond motifs is 2. The first-order valence-corrected chi connectivity index (χ1v) is 9.46. The Labute approximate surface area is 170 Å². The van der Waals surface area contributed by atoms with Gasteiger partial charge in [0.15, 0.2) is 5.82 Å². The first-order chi connectivity index (χ1) is 13.8. The molecule has 0 amide bonds. The Morgan fingerprint density at radius 2 is 1.90 bits per heavy atom. The zero-order chi connectivity index (χ0) is 22.2. The molecule has 0 saturated carbocycles. The number of carbonyl (C=O) groups is 1. The van der Waals surface area contributed by atoms with Crippen molar-refractivity contribution in [1.29, 1.82) is 0 Å². The smallest absolute Gasteiger partial charge is 0.341 e. The monoisotopic (exact) mass is 416 g/mol. The minimum atomic E-state index is -1.38. The summed E-state index contributed by atoms with van der Waals surface area (Å²) in [6, 6.07) is 2.41. The van der Waals surface area contributed by atoms with Crippen LogP contribution in [0.5, 0.6) is 0 Å². The fraction of sp³-hybridized carbons (Fsp3) is 0.381. The molecule has 3 aromatic rings. The number of hydrogen-bond donors (Lipinski definition) is 2. The highest BCUT2D eigenvalue weighted by molar-refractivity contribution is 5.97. The van der Waals surface area contributed by atoms with Crippen LogP contribution in [0.25, 0.3) is 21.9 Å². The van der Waals surface area contributed by atoms with Gasteiger partial charge in [0, 0.05) is 35.8 Å². The van der Waals surface area contributed by atoms with Gasteiger partial charge in [0.05, 0.1) is 5.39 Å². The Hall–Kier alpha value is -3.07. The van der Waals surface area contributed by atoms with Crippen molar-refractivity contribution in [3.63, 3.8) is 0 Å². The highest BCUT2D eigenvalue weighted by Crippen LogP contribution is 2.35. The molecule has 4 rings (SSSR count). The Balaban J connectivity index is 2.07. The molecule has 0 unspecified atom stereocenters. The summed E-state index contributed by atoms with van der Waals surface area (Å²) < 4.78 is 31.6. The topological polar surface area (TPSA) is 101 Å². The van der Waals surface area contributed by atoms with Crippen molar-refractivity contribution < 1.29 is 18.7 Å². The van der Waals surface area contributed by atoms with E-state index in [0.29, 0.717) is 13.1 Å². The van der Waals surface area contributed by atoms with E-state index in [4.69, 9.17) is 5.73 Å². The average Bonchev–Trinajstić information content (AvgIpc) is 2.58. The van der Waals surface area contributed by atoms with Crippen LogP contribution in [0, 0.1) is 11.6 Å². The second-order valence-corrected chi connectivity index (χ2v) is 9.18. The molecule has 0 radical (unpaired) electrons. The molecule has 0 bridgehead atoms. The first kappa shape index (κ1) is 20.2. The van der Waals surface area contributed by atoms with Gasteiger partial charge in [-0.2, -0.15) is 0 Å². The average molecular weight is 416 g/mol. The van der Waals surface area contributed by atoms with E-state index in [1.807, 2.05) is 20.8 Å². The molecule has 0 spiro atoms. The molecular formula is C21H22F2N4O3. The highest BCUT2D eigenvalue weighted by atomic mass is 19.1. The van der Waals surface area contributed by atoms with E-state index in [0.717, 1.165) is 6.07 Å². The number of aromatic nitrogens is 2. The molecule has 1 fully saturated rings. The maximum Gasteiger partial charge on any atom is 0.341 e. The SMILES string of the molecule is CC1(N)CN(c2c(F)cc3cc4c(=O)c(C(=O)O)cn(C(C)(C)C)c4nc3c2F)C1. The van der Waals surface area contributed by atoms with E-state index >= 15 is 4.39 Å². The third-order valence-electron chi connectivity index (χ3n) is 5.31. The second-order valence-electron chi connectivity index (χ2n) is 9.18. The van der Waals surface area contributed by atoms with Gasteiger partial charge < -0.3 is 20.3 Å². The van der Waals surface area contributed by atoms with Crippen LogP contribution in [0.3, 0.4) is 0 Å². The first-order valence-electron chi connectivity index (χ1n) is 9.46. The van der Waals surface area contributed by atoms with E-state index in [1.54, 1.807) is 6.92 Å². The van der Waals surface area contributed by atoms with Crippen LogP contribution in [0.2, 0.25) is 0 Å². The third-order valence-corrected chi connectivity index (χ3v) is 5.31. The number of hydrogen-bond acceptors (Lipinski definition) is 5. The summed E-state index contributed by atoms with van der Waals surface area (Å²) in [5.41, 5.74) is 3.46. The summed E-state index contributed by atoms with van der Waals surface area (Å²) in [5.74, 6) is -3.00. The van der Waals surface area contributed by atoms with E-state index < -0.39 is 39.7 Å². The number of nitrogens with two attached hydrogens (primary N) is 1. The van der Waals surface area contributed by atoms with Crippen LogP contribution >= 0.6 is 0 Å². The van der Waals surface area contributed by atoms with Crippen molar-refractivity contribution >= 4 is 33.6 Å². The maximum absolute atomic E-state index is 15.4. The van der Waals surface area contributed by atoms with Crippen molar-refractivity contribution in [2.24, 2.45) is 5.73 Å². The Kier molecular flexibility index (Phi) is 4.19. The number of aromatic carboxylic acids is 1. The van der Waals surface area contributed by atoms with Crippen LogP contribution in [-0.4, -0.2) is 39.3 Å². The number of pyridine rings is 2. The van der Waals surface area contributed by atoms with Crippen LogP contribution in [-0.2, 0) is 5.54 Å². The lowest BCUT2D eigenvalue weighted by Gasteiger charge is -2.47. The minimum absolute atomic E-state index is 0.0117. The van der Waals surface area contributed by atoms with Gasteiger partial charge in [-0.15, -0.1) is 0 Å². The molecule has 3 N–H and O–H groups in total. The number of carboxylic acids is 1. The second kappa shape index (κ2) is 6.21. The van der Waals surface area contributed by atoms with Crippen LogP contribution < -0.4 is 16.1 Å². The highest BCUT2D eigenvalue weighted by Gasteiger charge is 2.38.